The number of fused-ring (bicyclic) bond motifs is 13. The Kier molecular flexibility index (Phi) is 8.42. The molecule has 0 spiro atoms. The molecule has 4 heterocycles. The number of nitriles is 2. The molecule has 0 atom stereocenters. The molecule has 0 amide bonds. The summed E-state index contributed by atoms with van der Waals surface area (Å²) < 4.78 is 9.28. The van der Waals surface area contributed by atoms with Crippen molar-refractivity contribution in [1.82, 2.24) is 9.13 Å². The van der Waals surface area contributed by atoms with E-state index in [1.54, 1.807) is 22.7 Å². The highest BCUT2D eigenvalue weighted by atomic mass is 32.1. The Labute approximate surface area is 398 Å². The van der Waals surface area contributed by atoms with Crippen LogP contribution in [0.5, 0.6) is 0 Å². The van der Waals surface area contributed by atoms with Gasteiger partial charge in [0.15, 0.2) is 0 Å². The number of thiophene rings is 2. The van der Waals surface area contributed by atoms with E-state index >= 15 is 0 Å². The summed E-state index contributed by atoms with van der Waals surface area (Å²) in [6, 6.07) is 78.0. The summed E-state index contributed by atoms with van der Waals surface area (Å²) in [5.74, 6) is 0. The van der Waals surface area contributed by atoms with Crippen LogP contribution in [0.2, 0.25) is 0 Å². The Hall–Kier alpha value is -8.78. The third-order valence-corrected chi connectivity index (χ3v) is 16.1. The number of hydrogen-bond donors (Lipinski definition) is 0. The van der Waals surface area contributed by atoms with Crippen molar-refractivity contribution in [2.24, 2.45) is 0 Å². The Bertz CT molecular complexity index is 4500. The summed E-state index contributed by atoms with van der Waals surface area (Å²) >= 11 is 3.56. The van der Waals surface area contributed by atoms with E-state index in [1.165, 1.54) is 36.7 Å². The predicted octanol–water partition coefficient (Wildman–Crippen LogP) is 17.4. The molecule has 0 unspecified atom stereocenters. The van der Waals surface area contributed by atoms with E-state index < -0.39 is 0 Å². The molecule has 0 radical (unpaired) electrons. The topological polar surface area (TPSA) is 57.4 Å². The Balaban J connectivity index is 1.20. The lowest BCUT2D eigenvalue weighted by Gasteiger charge is -2.25. The van der Waals surface area contributed by atoms with Crippen molar-refractivity contribution in [2.45, 2.75) is 0 Å². The van der Waals surface area contributed by atoms with Crippen LogP contribution in [0.3, 0.4) is 0 Å². The molecule has 0 N–H and O–H groups in total. The summed E-state index contributed by atoms with van der Waals surface area (Å²) in [7, 11) is 0. The van der Waals surface area contributed by atoms with Crippen molar-refractivity contribution in [2.75, 3.05) is 0 Å². The highest BCUT2D eigenvalue weighted by molar-refractivity contribution is 7.27. The smallest absolute Gasteiger partial charge is 0.102 e. The normalized spacial score (nSPS) is 11.8. The molecule has 14 rings (SSSR count). The van der Waals surface area contributed by atoms with E-state index in [1.807, 2.05) is 36.4 Å². The maximum absolute atomic E-state index is 12.1. The lowest BCUT2D eigenvalue weighted by atomic mass is 9.86. The monoisotopic (exact) mass is 898 g/mol. The fourth-order valence-corrected chi connectivity index (χ4v) is 13.4. The second-order valence-electron chi connectivity index (χ2n) is 17.3. The van der Waals surface area contributed by atoms with Crippen LogP contribution in [0, 0.1) is 22.7 Å². The molecule has 0 aliphatic carbocycles. The maximum atomic E-state index is 12.1. The van der Waals surface area contributed by atoms with Crippen molar-refractivity contribution in [1.29, 1.82) is 10.5 Å². The van der Waals surface area contributed by atoms with Crippen LogP contribution in [-0.4, -0.2) is 9.13 Å². The number of rotatable bonds is 5. The van der Waals surface area contributed by atoms with E-state index in [4.69, 9.17) is 0 Å². The highest BCUT2D eigenvalue weighted by Gasteiger charge is 2.32. The highest BCUT2D eigenvalue weighted by Crippen LogP contribution is 2.51. The van der Waals surface area contributed by atoms with Crippen LogP contribution in [0.4, 0.5) is 0 Å². The zero-order chi connectivity index (χ0) is 45.0. The molecule has 68 heavy (non-hydrogen) atoms. The predicted molar refractivity (Wildman–Crippen MR) is 287 cm³/mol. The average molecular weight is 899 g/mol. The van der Waals surface area contributed by atoms with E-state index in [0.29, 0.717) is 33.6 Å². The first kappa shape index (κ1) is 38.5. The van der Waals surface area contributed by atoms with Crippen molar-refractivity contribution in [3.05, 3.63) is 217 Å². The minimum atomic E-state index is 0.490. The van der Waals surface area contributed by atoms with Crippen LogP contribution in [0.1, 0.15) is 11.1 Å². The minimum Gasteiger partial charge on any atom is -0.307 e. The van der Waals surface area contributed by atoms with Gasteiger partial charge in [0.25, 0.3) is 0 Å². The first-order valence-corrected chi connectivity index (χ1v) is 24.3. The third-order valence-electron chi connectivity index (χ3n) is 13.8. The fraction of sp³-hybridized carbons (Fsp3) is 0. The van der Waals surface area contributed by atoms with Gasteiger partial charge >= 0.3 is 0 Å². The maximum Gasteiger partial charge on any atom is 0.102 e. The Morgan fingerprint density at radius 2 is 0.882 bits per heavy atom. The minimum absolute atomic E-state index is 0.490. The van der Waals surface area contributed by atoms with E-state index in [2.05, 4.69) is 191 Å². The van der Waals surface area contributed by atoms with Gasteiger partial charge in [-0.3, -0.25) is 0 Å². The van der Waals surface area contributed by atoms with Gasteiger partial charge in [-0.25, -0.2) is 0 Å². The molecule has 314 valence electrons. The lowest BCUT2D eigenvalue weighted by Crippen LogP contribution is -2.11. The first-order valence-electron chi connectivity index (χ1n) is 22.6. The first-order chi connectivity index (χ1) is 33.7. The van der Waals surface area contributed by atoms with Gasteiger partial charge in [0.2, 0.25) is 0 Å². The van der Waals surface area contributed by atoms with Crippen molar-refractivity contribution < 1.29 is 0 Å². The molecule has 4 nitrogen and oxygen atoms in total. The van der Waals surface area contributed by atoms with Crippen LogP contribution >= 0.6 is 22.7 Å². The summed E-state index contributed by atoms with van der Waals surface area (Å²) in [5, 5.41) is 33.3. The second kappa shape index (κ2) is 14.9. The fourth-order valence-electron chi connectivity index (χ4n) is 11.0. The summed E-state index contributed by atoms with van der Waals surface area (Å²) in [6.45, 7) is 0. The zero-order valence-electron chi connectivity index (χ0n) is 36.2. The van der Waals surface area contributed by atoms with E-state index in [0.717, 1.165) is 69.5 Å². The third kappa shape index (κ3) is 5.39. The molecule has 0 aliphatic heterocycles. The van der Waals surface area contributed by atoms with Crippen molar-refractivity contribution >= 4 is 107 Å². The Morgan fingerprint density at radius 1 is 0.353 bits per heavy atom. The molecule has 0 bridgehead atoms. The van der Waals surface area contributed by atoms with Gasteiger partial charge < -0.3 is 9.13 Å². The SMILES string of the molecule is N#Cc1c(-c2ccccc2)c(-n2c3ccccc3c3ccc4c5ccccc5sc4c32)c(C#N)c(-c2ccccc2)c1-n1c2ccccc2c2cc3c(cc21)sc1cccc(-c2ccccc2)c13. The lowest BCUT2D eigenvalue weighted by molar-refractivity contribution is 1.13. The van der Waals surface area contributed by atoms with Crippen molar-refractivity contribution in [3.63, 3.8) is 0 Å². The number of nitrogens with zero attached hydrogens (tertiary/aromatic N) is 4. The average Bonchev–Trinajstić information content (AvgIpc) is 4.15. The number of para-hydroxylation sites is 2. The van der Waals surface area contributed by atoms with Crippen LogP contribution in [0.25, 0.3) is 129 Å². The number of hydrogen-bond acceptors (Lipinski definition) is 4. The van der Waals surface area contributed by atoms with Crippen LogP contribution in [0.15, 0.2) is 206 Å². The number of aromatic nitrogens is 2. The van der Waals surface area contributed by atoms with Gasteiger partial charge in [-0.05, 0) is 58.7 Å². The zero-order valence-corrected chi connectivity index (χ0v) is 37.9. The quantitative estimate of drug-likeness (QED) is 0.173. The van der Waals surface area contributed by atoms with Crippen molar-refractivity contribution in [3.8, 4) is 56.9 Å². The van der Waals surface area contributed by atoms with Crippen LogP contribution < -0.4 is 0 Å². The molecule has 0 saturated heterocycles. The van der Waals surface area contributed by atoms with Gasteiger partial charge in [0.1, 0.15) is 12.1 Å². The molecule has 0 saturated carbocycles. The number of benzene rings is 10. The van der Waals surface area contributed by atoms with Gasteiger partial charge in [0, 0.05) is 68.3 Å². The molecule has 14 aromatic rings. The molecule has 0 fully saturated rings. The van der Waals surface area contributed by atoms with Gasteiger partial charge in [-0.2, -0.15) is 10.5 Å². The standard InChI is InChI=1S/C62H34N4S2/c63-35-48-57(39-21-8-3-9-22-39)60(66-51-28-14-10-23-41(51)44-31-32-45-43-25-12-15-29-53(43)68-62(45)61(44)66)49(36-64)56(38-19-6-2-7-20-38)59(48)65-50-27-13-11-24-42(50)46-33-47-55(34-52(46)65)67-54-30-16-26-40(58(47)54)37-17-4-1-5-18-37/h1-34H. The van der Waals surface area contributed by atoms with Crippen LogP contribution in [-0.2, 0) is 0 Å². The van der Waals surface area contributed by atoms with E-state index in [-0.39, 0.29) is 0 Å². The molecule has 4 aromatic heterocycles. The Morgan fingerprint density at radius 3 is 1.54 bits per heavy atom. The molecule has 6 heteroatoms. The second-order valence-corrected chi connectivity index (χ2v) is 19.4. The van der Waals surface area contributed by atoms with Gasteiger partial charge in [0.05, 0.1) is 49.3 Å². The molecule has 10 aromatic carbocycles. The molecule has 0 aliphatic rings. The summed E-state index contributed by atoms with van der Waals surface area (Å²) in [4.78, 5) is 0. The van der Waals surface area contributed by atoms with Gasteiger partial charge in [-0.15, -0.1) is 22.7 Å². The van der Waals surface area contributed by atoms with E-state index in [9.17, 15) is 10.5 Å². The van der Waals surface area contributed by atoms with Gasteiger partial charge in [-0.1, -0.05) is 170 Å². The largest absolute Gasteiger partial charge is 0.307 e. The molecular formula is C62H34N4S2. The molecular weight excluding hydrogens is 865 g/mol. The summed E-state index contributed by atoms with van der Waals surface area (Å²) in [6.07, 6.45) is 0. The summed E-state index contributed by atoms with van der Waals surface area (Å²) in [5.41, 5.74) is 11.8.